The zero-order valence-corrected chi connectivity index (χ0v) is 15.6. The Morgan fingerprint density at radius 3 is 2.56 bits per heavy atom. The molecule has 0 unspecified atom stereocenters. The Morgan fingerprint density at radius 2 is 1.92 bits per heavy atom. The van der Waals surface area contributed by atoms with Crippen molar-refractivity contribution in [1.82, 2.24) is 9.47 Å². The second-order valence-corrected chi connectivity index (χ2v) is 6.96. The van der Waals surface area contributed by atoms with Crippen molar-refractivity contribution in [3.05, 3.63) is 23.0 Å². The number of esters is 1. The normalized spacial score (nSPS) is 15.4. The van der Waals surface area contributed by atoms with Gasteiger partial charge in [-0.2, -0.15) is 0 Å². The number of hydrogen-bond acceptors (Lipinski definition) is 4. The van der Waals surface area contributed by atoms with Crippen LogP contribution < -0.4 is 0 Å². The molecule has 0 aliphatic carbocycles. The summed E-state index contributed by atoms with van der Waals surface area (Å²) >= 11 is 0. The lowest BCUT2D eigenvalue weighted by Gasteiger charge is -2.19. The first-order chi connectivity index (χ1) is 11.8. The van der Waals surface area contributed by atoms with Gasteiger partial charge in [0.2, 0.25) is 11.7 Å². The number of carbonyl (C=O) groups excluding carboxylic acids is 3. The first kappa shape index (κ1) is 19.2. The van der Waals surface area contributed by atoms with Crippen LogP contribution in [0.15, 0.2) is 6.07 Å². The van der Waals surface area contributed by atoms with Crippen LogP contribution in [0.25, 0.3) is 0 Å². The molecule has 6 heteroatoms. The number of amides is 1. The molecule has 1 aliphatic heterocycles. The van der Waals surface area contributed by atoms with Crippen LogP contribution in [0.4, 0.5) is 0 Å². The van der Waals surface area contributed by atoms with Crippen LogP contribution in [0.3, 0.4) is 0 Å². The molecule has 2 rings (SSSR count). The molecule has 1 aliphatic rings. The SMILES string of the molecule is Cc1cc(C(=O)COC(=O)CN2CCCCCC2=O)c(C)n1C(C)C. The number of hydrogen-bond donors (Lipinski definition) is 0. The summed E-state index contributed by atoms with van der Waals surface area (Å²) in [6.07, 6.45) is 3.25. The van der Waals surface area contributed by atoms with Crippen molar-refractivity contribution in [2.24, 2.45) is 0 Å². The molecule has 0 N–H and O–H groups in total. The highest BCUT2D eigenvalue weighted by atomic mass is 16.5. The topological polar surface area (TPSA) is 68.6 Å². The summed E-state index contributed by atoms with van der Waals surface area (Å²) in [5.74, 6) is -0.752. The molecule has 1 aromatic rings. The lowest BCUT2D eigenvalue weighted by Crippen LogP contribution is -2.36. The van der Waals surface area contributed by atoms with Crippen molar-refractivity contribution in [2.75, 3.05) is 19.7 Å². The number of rotatable bonds is 6. The minimum atomic E-state index is -0.527. The molecule has 1 aromatic heterocycles. The van der Waals surface area contributed by atoms with Gasteiger partial charge in [0, 0.05) is 36.0 Å². The molecule has 0 atom stereocenters. The van der Waals surface area contributed by atoms with Crippen LogP contribution in [0.1, 0.15) is 67.3 Å². The van der Waals surface area contributed by atoms with Gasteiger partial charge < -0.3 is 14.2 Å². The molecule has 0 saturated carbocycles. The molecule has 2 heterocycles. The van der Waals surface area contributed by atoms with E-state index in [1.165, 1.54) is 4.90 Å². The predicted octanol–water partition coefficient (Wildman–Crippen LogP) is 2.81. The average molecular weight is 348 g/mol. The molecule has 0 aromatic carbocycles. The van der Waals surface area contributed by atoms with Gasteiger partial charge in [0.25, 0.3) is 0 Å². The van der Waals surface area contributed by atoms with Crippen molar-refractivity contribution >= 4 is 17.7 Å². The number of aryl methyl sites for hydroxylation is 1. The van der Waals surface area contributed by atoms with Crippen molar-refractivity contribution in [3.63, 3.8) is 0 Å². The van der Waals surface area contributed by atoms with Crippen molar-refractivity contribution in [3.8, 4) is 0 Å². The van der Waals surface area contributed by atoms with E-state index < -0.39 is 5.97 Å². The second-order valence-electron chi connectivity index (χ2n) is 6.96. The Hall–Kier alpha value is -2.11. The largest absolute Gasteiger partial charge is 0.456 e. The maximum atomic E-state index is 12.4. The van der Waals surface area contributed by atoms with E-state index in [4.69, 9.17) is 4.74 Å². The molecule has 25 heavy (non-hydrogen) atoms. The van der Waals surface area contributed by atoms with E-state index in [1.807, 2.05) is 19.9 Å². The summed E-state index contributed by atoms with van der Waals surface area (Å²) in [6.45, 7) is 8.20. The Kier molecular flexibility index (Phi) is 6.39. The van der Waals surface area contributed by atoms with Crippen molar-refractivity contribution < 1.29 is 19.1 Å². The number of ether oxygens (including phenoxy) is 1. The van der Waals surface area contributed by atoms with Gasteiger partial charge in [0.05, 0.1) is 0 Å². The van der Waals surface area contributed by atoms with Crippen molar-refractivity contribution in [1.29, 1.82) is 0 Å². The number of nitrogens with zero attached hydrogens (tertiary/aromatic N) is 2. The molecule has 1 saturated heterocycles. The van der Waals surface area contributed by atoms with Crippen LogP contribution in [0.5, 0.6) is 0 Å². The number of carbonyl (C=O) groups is 3. The number of ketones is 1. The Labute approximate surface area is 149 Å². The van der Waals surface area contributed by atoms with E-state index in [9.17, 15) is 14.4 Å². The minimum absolute atomic E-state index is 0.0127. The molecule has 0 bridgehead atoms. The van der Waals surface area contributed by atoms with E-state index in [1.54, 1.807) is 0 Å². The lowest BCUT2D eigenvalue weighted by molar-refractivity contribution is -0.148. The van der Waals surface area contributed by atoms with Crippen LogP contribution in [-0.2, 0) is 14.3 Å². The van der Waals surface area contributed by atoms with Crippen LogP contribution in [-0.4, -0.2) is 46.8 Å². The highest BCUT2D eigenvalue weighted by Crippen LogP contribution is 2.20. The smallest absolute Gasteiger partial charge is 0.326 e. The van der Waals surface area contributed by atoms with Gasteiger partial charge >= 0.3 is 5.97 Å². The van der Waals surface area contributed by atoms with E-state index in [2.05, 4.69) is 18.4 Å². The summed E-state index contributed by atoms with van der Waals surface area (Å²) in [4.78, 5) is 37.8. The molecular formula is C19H28N2O4. The predicted molar refractivity (Wildman–Crippen MR) is 94.6 cm³/mol. The monoisotopic (exact) mass is 348 g/mol. The van der Waals surface area contributed by atoms with Gasteiger partial charge in [-0.25, -0.2) is 0 Å². The third-order valence-corrected chi connectivity index (χ3v) is 4.66. The number of likely N-dealkylation sites (tertiary alicyclic amines) is 1. The van der Waals surface area contributed by atoms with Gasteiger partial charge in [-0.05, 0) is 46.6 Å². The van der Waals surface area contributed by atoms with Gasteiger partial charge in [-0.15, -0.1) is 0 Å². The van der Waals surface area contributed by atoms with E-state index >= 15 is 0 Å². The highest BCUT2D eigenvalue weighted by Gasteiger charge is 2.22. The summed E-state index contributed by atoms with van der Waals surface area (Å²) < 4.78 is 7.21. The van der Waals surface area contributed by atoms with E-state index in [0.717, 1.165) is 30.7 Å². The molecule has 1 amide bonds. The summed E-state index contributed by atoms with van der Waals surface area (Å²) in [6, 6.07) is 2.10. The fourth-order valence-corrected chi connectivity index (χ4v) is 3.48. The Bertz CT molecular complexity index is 661. The Morgan fingerprint density at radius 1 is 1.20 bits per heavy atom. The molecule has 1 fully saturated rings. The van der Waals surface area contributed by atoms with Crippen molar-refractivity contribution in [2.45, 2.75) is 59.4 Å². The maximum Gasteiger partial charge on any atom is 0.326 e. The number of Topliss-reactive ketones (excluding diaryl/α,β-unsaturated/α-hetero) is 1. The quantitative estimate of drug-likeness (QED) is 0.585. The van der Waals surface area contributed by atoms with Gasteiger partial charge in [0.1, 0.15) is 6.54 Å². The number of aromatic nitrogens is 1. The standard InChI is InChI=1S/C19H28N2O4/c1-13(2)21-14(3)10-16(15(21)4)17(22)12-25-19(24)11-20-9-7-5-6-8-18(20)23/h10,13H,5-9,11-12H2,1-4H3. The Balaban J connectivity index is 1.92. The van der Waals surface area contributed by atoms with Crippen LogP contribution in [0, 0.1) is 13.8 Å². The lowest BCUT2D eigenvalue weighted by atomic mass is 10.1. The second kappa shape index (κ2) is 8.32. The van der Waals surface area contributed by atoms with Crippen LogP contribution >= 0.6 is 0 Å². The van der Waals surface area contributed by atoms with E-state index in [-0.39, 0.29) is 30.9 Å². The third kappa shape index (κ3) is 4.71. The van der Waals surface area contributed by atoms with Gasteiger partial charge in [-0.1, -0.05) is 6.42 Å². The zero-order valence-electron chi connectivity index (χ0n) is 15.6. The summed E-state index contributed by atoms with van der Waals surface area (Å²) in [5.41, 5.74) is 2.48. The minimum Gasteiger partial charge on any atom is -0.456 e. The highest BCUT2D eigenvalue weighted by molar-refractivity contribution is 5.99. The van der Waals surface area contributed by atoms with Gasteiger partial charge in [0.15, 0.2) is 6.61 Å². The fraction of sp³-hybridized carbons (Fsp3) is 0.632. The maximum absolute atomic E-state index is 12.4. The molecule has 0 radical (unpaired) electrons. The molecule has 0 spiro atoms. The molecule has 6 nitrogen and oxygen atoms in total. The zero-order chi connectivity index (χ0) is 18.6. The van der Waals surface area contributed by atoms with Crippen LogP contribution in [0.2, 0.25) is 0 Å². The third-order valence-electron chi connectivity index (χ3n) is 4.66. The molecule has 138 valence electrons. The fourth-order valence-electron chi connectivity index (χ4n) is 3.48. The molecular weight excluding hydrogens is 320 g/mol. The van der Waals surface area contributed by atoms with E-state index in [0.29, 0.717) is 18.5 Å². The first-order valence-corrected chi connectivity index (χ1v) is 8.96. The first-order valence-electron chi connectivity index (χ1n) is 8.96. The van der Waals surface area contributed by atoms with Gasteiger partial charge in [-0.3, -0.25) is 14.4 Å². The summed E-state index contributed by atoms with van der Waals surface area (Å²) in [7, 11) is 0. The summed E-state index contributed by atoms with van der Waals surface area (Å²) in [5, 5.41) is 0. The average Bonchev–Trinajstić information content (AvgIpc) is 2.70.